The Morgan fingerprint density at radius 2 is 1.38 bits per heavy atom. The molecule has 6 unspecified atom stereocenters. The van der Waals surface area contributed by atoms with Gasteiger partial charge in [-0.15, -0.1) is 0 Å². The number of methoxy groups -OCH3 is 2. The van der Waals surface area contributed by atoms with Crippen molar-refractivity contribution < 1.29 is 67.1 Å². The van der Waals surface area contributed by atoms with E-state index in [0.29, 0.717) is 32.4 Å². The second-order valence-corrected chi connectivity index (χ2v) is 27.7. The van der Waals surface area contributed by atoms with Gasteiger partial charge < -0.3 is 70.8 Å². The lowest BCUT2D eigenvalue weighted by atomic mass is 9.64. The Bertz CT molecular complexity index is 2450. The van der Waals surface area contributed by atoms with Crippen LogP contribution in [0, 0.1) is 46.3 Å². The fraction of sp³-hybridized carbons (Fsp3) is 0.765. The molecule has 12 atom stereocenters. The maximum absolute atomic E-state index is 14.0. The first kappa shape index (κ1) is 77.8. The van der Waals surface area contributed by atoms with Crippen molar-refractivity contribution in [2.75, 3.05) is 60.2 Å². The predicted octanol–water partition coefficient (Wildman–Crippen LogP) is 7.44. The topological polar surface area (TPSA) is 294 Å². The molecule has 506 valence electrons. The minimum absolute atomic E-state index is 0.0185. The van der Waals surface area contributed by atoms with Crippen molar-refractivity contribution in [3.8, 4) is 0 Å². The molecule has 2 aliphatic heterocycles. The first-order valence-corrected chi connectivity index (χ1v) is 32.6. The van der Waals surface area contributed by atoms with Gasteiger partial charge in [-0.1, -0.05) is 124 Å². The molecule has 0 radical (unpaired) electrons. The van der Waals surface area contributed by atoms with E-state index in [1.54, 1.807) is 40.2 Å². The van der Waals surface area contributed by atoms with Crippen LogP contribution in [-0.4, -0.2) is 160 Å². The highest BCUT2D eigenvalue weighted by Gasteiger charge is 2.72. The summed E-state index contributed by atoms with van der Waals surface area (Å²) in [7, 11) is 3.55. The number of nitrogens with one attached hydrogen (secondary N) is 7. The number of aliphatic hydroxyl groups excluding tert-OH is 1. The van der Waals surface area contributed by atoms with Gasteiger partial charge in [0.2, 0.25) is 35.4 Å². The molecule has 89 heavy (non-hydrogen) atoms. The Hall–Kier alpha value is -5.48. The minimum atomic E-state index is -1.12. The van der Waals surface area contributed by atoms with E-state index in [1.807, 2.05) is 80.5 Å². The van der Waals surface area contributed by atoms with Crippen molar-refractivity contribution in [1.29, 1.82) is 0 Å². The molecule has 2 saturated heterocycles. The second kappa shape index (κ2) is 37.1. The molecule has 0 bridgehead atoms. The summed E-state index contributed by atoms with van der Waals surface area (Å²) in [6.07, 6.45) is 8.90. The van der Waals surface area contributed by atoms with Crippen molar-refractivity contribution in [2.45, 2.75) is 229 Å². The molecular formula is C68H115N7O14. The number of hydrogen-bond donors (Lipinski definition) is 8. The number of benzene rings is 1. The zero-order valence-electron chi connectivity index (χ0n) is 57.1. The number of carbonyl (C=O) groups is 8. The largest absolute Gasteiger partial charge is 0.449 e. The Balaban J connectivity index is 0.000000814. The number of allylic oxidation sites excluding steroid dienone is 1. The maximum atomic E-state index is 14.0. The highest BCUT2D eigenvalue weighted by Crippen LogP contribution is 2.59. The van der Waals surface area contributed by atoms with E-state index in [2.05, 4.69) is 64.1 Å². The summed E-state index contributed by atoms with van der Waals surface area (Å²) in [5.74, 6) is -2.49. The second-order valence-electron chi connectivity index (χ2n) is 27.7. The number of epoxide rings is 2. The average molecular weight is 1250 g/mol. The quantitative estimate of drug-likeness (QED) is 0.0181. The van der Waals surface area contributed by atoms with Crippen LogP contribution in [0.2, 0.25) is 0 Å². The summed E-state index contributed by atoms with van der Waals surface area (Å²) in [6.45, 7) is 29.9. The van der Waals surface area contributed by atoms with Gasteiger partial charge in [-0.25, -0.2) is 4.79 Å². The van der Waals surface area contributed by atoms with Crippen LogP contribution in [0.25, 0.3) is 0 Å². The average Bonchev–Trinajstić information content (AvgIpc) is 1.54. The van der Waals surface area contributed by atoms with Gasteiger partial charge >= 0.3 is 6.09 Å². The number of alkyl carbamates (subject to hydrolysis) is 1. The zero-order chi connectivity index (χ0) is 66.9. The summed E-state index contributed by atoms with van der Waals surface area (Å²) < 4.78 is 28.8. The van der Waals surface area contributed by atoms with Crippen molar-refractivity contribution in [3.05, 3.63) is 47.5 Å². The van der Waals surface area contributed by atoms with Crippen molar-refractivity contribution in [3.63, 3.8) is 0 Å². The van der Waals surface area contributed by atoms with Crippen LogP contribution in [0.5, 0.6) is 0 Å². The van der Waals surface area contributed by atoms with Crippen LogP contribution in [0.15, 0.2) is 42.0 Å². The Morgan fingerprint density at radius 3 is 1.92 bits per heavy atom. The number of Topliss-reactive ketones (excluding diaryl/α,β-unsaturated/α-hetero) is 1. The van der Waals surface area contributed by atoms with Crippen molar-refractivity contribution in [2.24, 2.45) is 46.3 Å². The monoisotopic (exact) mass is 1250 g/mol. The van der Waals surface area contributed by atoms with Gasteiger partial charge in [0.25, 0.3) is 0 Å². The van der Waals surface area contributed by atoms with Gasteiger partial charge in [0.05, 0.1) is 62.2 Å². The van der Waals surface area contributed by atoms with E-state index in [1.165, 1.54) is 12.5 Å². The fourth-order valence-corrected chi connectivity index (χ4v) is 12.3. The van der Waals surface area contributed by atoms with Gasteiger partial charge in [0, 0.05) is 63.4 Å². The van der Waals surface area contributed by atoms with Crippen LogP contribution in [0.1, 0.15) is 180 Å². The van der Waals surface area contributed by atoms with Crippen molar-refractivity contribution in [1.82, 2.24) is 37.2 Å². The molecule has 0 aromatic heterocycles. The van der Waals surface area contributed by atoms with Crippen LogP contribution in [0.3, 0.4) is 0 Å². The van der Waals surface area contributed by atoms with E-state index in [0.717, 1.165) is 50.7 Å². The molecule has 21 nitrogen and oxygen atoms in total. The highest BCUT2D eigenvalue weighted by molar-refractivity contribution is 5.95. The lowest BCUT2D eigenvalue weighted by Gasteiger charge is -2.42. The number of carbonyl (C=O) groups excluding carboxylic acids is 8. The smallest absolute Gasteiger partial charge is 0.407 e. The van der Waals surface area contributed by atoms with Crippen LogP contribution in [0.4, 0.5) is 4.79 Å². The van der Waals surface area contributed by atoms with E-state index < -0.39 is 71.2 Å². The molecule has 1 spiro atoms. The molecule has 1 aromatic carbocycles. The molecule has 1 aromatic rings. The SMILES string of the molecule is CC(=O)C[C@@H](COC(=O)NCCCCCCNC(=O)CNC(=O)[C@H](CC(C)C)NC(=O)[C@H](Cc1ccccc1)NC(=O)CNC(=O)C(C)(CC(C)(CC(C)C)C(=O)NCC(C)O)C(C)C)C(C)C.COC1CC[C@]2(CO2)C([C@]2(C)O[C@@H]2CC=C(C)C)C1OC. The number of hydrogen-bond acceptors (Lipinski definition) is 14. The van der Waals surface area contributed by atoms with Crippen LogP contribution < -0.4 is 37.2 Å². The summed E-state index contributed by atoms with van der Waals surface area (Å²) in [5.41, 5.74) is -0.130. The number of aliphatic hydroxyl groups is 1. The number of ketones is 1. The molecular weight excluding hydrogens is 1140 g/mol. The summed E-state index contributed by atoms with van der Waals surface area (Å²) >= 11 is 0. The standard InChI is InChI=1S/C51H87N7O10.C17H28O4/c1-33(2)24-41(45(63)54-29-43(61)52-22-18-13-14-19-23-53-49(67)68-31-40(35(5)6)25-37(9)59)58-46(64)42(26-39-20-16-15-17-21-39)57-44(62)30-56-48(66)51(12,36(7)8)32-50(11,27-34(3)4)47(65)55-28-38(10)60;1-11(2)6-7-13-16(3,21-13)15-14(19-5)12(18-4)8-9-17(15)10-20-17/h15-17,20-21,33-36,38,40-42,60H,13-14,18-19,22-32H2,1-12H3,(H,52,61)(H,53,67)(H,54,63)(H,55,65)(H,56,66)(H,57,62)(H,58,64);6,12-15H,7-10H2,1-5H3/t38?,40-,41-,42-,50?,51?;12?,13-,14?,15?,16-,17+/m01/s1. The van der Waals surface area contributed by atoms with Crippen LogP contribution in [-0.2, 0) is 63.7 Å². The molecule has 1 aliphatic carbocycles. The first-order valence-electron chi connectivity index (χ1n) is 32.6. The number of amides is 7. The molecule has 3 fully saturated rings. The Labute approximate surface area is 532 Å². The van der Waals surface area contributed by atoms with E-state index in [-0.39, 0.29) is 116 Å². The Morgan fingerprint density at radius 1 is 0.753 bits per heavy atom. The van der Waals surface area contributed by atoms with E-state index in [4.69, 9.17) is 23.7 Å². The molecule has 21 heteroatoms. The molecule has 8 N–H and O–H groups in total. The van der Waals surface area contributed by atoms with Gasteiger partial charge in [-0.05, 0) is 115 Å². The van der Waals surface area contributed by atoms with Crippen molar-refractivity contribution >= 4 is 47.3 Å². The van der Waals surface area contributed by atoms with Gasteiger partial charge in [0.15, 0.2) is 0 Å². The normalized spacial score (nSPS) is 22.8. The number of unbranched alkanes of at least 4 members (excludes halogenated alkanes) is 3. The van der Waals surface area contributed by atoms with Gasteiger partial charge in [-0.2, -0.15) is 0 Å². The third-order valence-electron chi connectivity index (χ3n) is 17.8. The van der Waals surface area contributed by atoms with E-state index in [9.17, 15) is 43.5 Å². The summed E-state index contributed by atoms with van der Waals surface area (Å²) in [4.78, 5) is 105. The molecule has 1 saturated carbocycles. The number of rotatable bonds is 38. The predicted molar refractivity (Wildman–Crippen MR) is 344 cm³/mol. The lowest BCUT2D eigenvalue weighted by Crippen LogP contribution is -2.56. The van der Waals surface area contributed by atoms with E-state index >= 15 is 0 Å². The third-order valence-corrected chi connectivity index (χ3v) is 17.8. The first-order chi connectivity index (χ1) is 41.8. The van der Waals surface area contributed by atoms with Gasteiger partial charge in [-0.3, -0.25) is 28.8 Å². The van der Waals surface area contributed by atoms with Crippen LogP contribution >= 0.6 is 0 Å². The zero-order valence-corrected chi connectivity index (χ0v) is 57.1. The molecule has 3 aliphatic rings. The van der Waals surface area contributed by atoms with Gasteiger partial charge in [0.1, 0.15) is 23.5 Å². The molecule has 2 heterocycles. The highest BCUT2D eigenvalue weighted by atomic mass is 16.6. The third kappa shape index (κ3) is 26.0. The fourth-order valence-electron chi connectivity index (χ4n) is 12.3. The Kier molecular flexibility index (Phi) is 32.4. The molecule has 4 rings (SSSR count). The summed E-state index contributed by atoms with van der Waals surface area (Å²) in [5, 5.41) is 29.1. The minimum Gasteiger partial charge on any atom is -0.449 e. The maximum Gasteiger partial charge on any atom is 0.407 e. The lowest BCUT2D eigenvalue weighted by molar-refractivity contribution is -0.142. The molecule has 7 amide bonds. The number of ether oxygens (including phenoxy) is 5. The summed E-state index contributed by atoms with van der Waals surface area (Å²) in [6, 6.07) is 6.92.